The van der Waals surface area contributed by atoms with Crippen LogP contribution < -0.4 is 22.5 Å². The van der Waals surface area contributed by atoms with Gasteiger partial charge in [-0.25, -0.2) is 0 Å². The summed E-state index contributed by atoms with van der Waals surface area (Å²) in [6.45, 7) is -1.36. The first-order chi connectivity index (χ1) is 34.5. The molecule has 1 fully saturated rings. The minimum absolute atomic E-state index is 0.0184. The molecule has 8 N–H and O–H groups in total. The normalized spacial score (nSPS) is 12.5. The summed E-state index contributed by atoms with van der Waals surface area (Å²) in [5.41, 5.74) is 20.8. The van der Waals surface area contributed by atoms with Gasteiger partial charge < -0.3 is 52.1 Å². The molecule has 6 amide bonds. The van der Waals surface area contributed by atoms with Crippen LogP contribution in [0.5, 0.6) is 0 Å². The average molecular weight is 974 g/mol. The first kappa shape index (κ1) is 55.5. The molecule has 0 radical (unpaired) electrons. The van der Waals surface area contributed by atoms with E-state index < -0.39 is 55.2 Å². The fraction of sp³-hybridized carbons (Fsp3) is 0.455. The maximum Gasteiger partial charge on any atom is 0.242 e. The Bertz CT molecular complexity index is 2160. The average Bonchev–Trinajstić information content (AvgIpc) is 3.92. The maximum atomic E-state index is 15.0. The predicted molar refractivity (Wildman–Crippen MR) is 275 cm³/mol. The standard InChI is InChI=1S/C55H75N9O7/c56-29-15-17-31-60(38-50(58)66)52(68)39-61(32-18-16-30-57)53(69)42-64(37-49(45-23-9-3-10-24-45)46-25-11-4-12-26-46)55(71)40-62(33-34-65)54(70)41-63(51(67)35-59-47-27-13-14-28-47)36-48(43-19-5-1-6-20-43)44-21-7-2-8-22-44/h1-12,19-26,47-49,59,65H,13-18,27-42,56-57H2,(H2,58,66). The van der Waals surface area contributed by atoms with Gasteiger partial charge in [0.15, 0.2) is 0 Å². The number of hydrogen-bond donors (Lipinski definition) is 5. The Morgan fingerprint density at radius 2 is 0.817 bits per heavy atom. The molecular formula is C55H75N9O7. The summed E-state index contributed by atoms with van der Waals surface area (Å²) in [5, 5.41) is 13.8. The van der Waals surface area contributed by atoms with Crippen LogP contribution in [0.15, 0.2) is 121 Å². The molecule has 1 saturated carbocycles. The third-order valence-corrected chi connectivity index (χ3v) is 13.1. The summed E-state index contributed by atoms with van der Waals surface area (Å²) in [6, 6.07) is 39.0. The van der Waals surface area contributed by atoms with Crippen LogP contribution in [0.1, 0.15) is 85.5 Å². The van der Waals surface area contributed by atoms with Gasteiger partial charge in [-0.2, -0.15) is 0 Å². The molecule has 0 bridgehead atoms. The van der Waals surface area contributed by atoms with Crippen molar-refractivity contribution < 1.29 is 33.9 Å². The molecule has 0 spiro atoms. The van der Waals surface area contributed by atoms with Crippen molar-refractivity contribution in [2.45, 2.75) is 69.2 Å². The lowest BCUT2D eigenvalue weighted by Gasteiger charge is -2.34. The number of carbonyl (C=O) groups is 6. The van der Waals surface area contributed by atoms with Gasteiger partial charge in [-0.3, -0.25) is 28.8 Å². The number of amides is 6. The Balaban J connectivity index is 1.46. The van der Waals surface area contributed by atoms with Crippen LogP contribution in [0, 0.1) is 0 Å². The molecule has 4 aromatic carbocycles. The van der Waals surface area contributed by atoms with Crippen LogP contribution >= 0.6 is 0 Å². The second kappa shape index (κ2) is 30.3. The number of nitrogens with zero attached hydrogens (tertiary/aromatic N) is 5. The van der Waals surface area contributed by atoms with Crippen LogP contribution in [0.25, 0.3) is 0 Å². The summed E-state index contributed by atoms with van der Waals surface area (Å²) in [5.74, 6) is -3.78. The van der Waals surface area contributed by atoms with E-state index >= 15 is 4.79 Å². The molecule has 0 aromatic heterocycles. The van der Waals surface area contributed by atoms with E-state index in [9.17, 15) is 29.1 Å². The maximum absolute atomic E-state index is 15.0. The molecule has 16 nitrogen and oxygen atoms in total. The van der Waals surface area contributed by atoms with Gasteiger partial charge in [0, 0.05) is 50.6 Å². The predicted octanol–water partition coefficient (Wildman–Crippen LogP) is 3.28. The number of aliphatic hydroxyl groups is 1. The van der Waals surface area contributed by atoms with Crippen molar-refractivity contribution >= 4 is 35.4 Å². The molecule has 1 aliphatic carbocycles. The minimum atomic E-state index is -0.695. The molecule has 16 heteroatoms. The van der Waals surface area contributed by atoms with E-state index in [1.54, 1.807) is 4.90 Å². The lowest BCUT2D eigenvalue weighted by Crippen LogP contribution is -2.53. The van der Waals surface area contributed by atoms with Gasteiger partial charge in [0.1, 0.15) is 0 Å². The molecule has 382 valence electrons. The van der Waals surface area contributed by atoms with Gasteiger partial charge in [0.25, 0.3) is 0 Å². The van der Waals surface area contributed by atoms with E-state index in [-0.39, 0.29) is 76.8 Å². The molecule has 0 atom stereocenters. The highest BCUT2D eigenvalue weighted by molar-refractivity contribution is 5.92. The SMILES string of the molecule is NCCCCN(CC(N)=O)C(=O)CN(CCCCN)C(=O)CN(CC(c1ccccc1)c1ccccc1)C(=O)CN(CCO)C(=O)CN(CC(c1ccccc1)c1ccccc1)C(=O)CNC1CCCC1. The Labute approximate surface area is 419 Å². The fourth-order valence-corrected chi connectivity index (χ4v) is 9.10. The molecule has 0 saturated heterocycles. The first-order valence-corrected chi connectivity index (χ1v) is 25.1. The number of aliphatic hydroxyl groups excluding tert-OH is 1. The first-order valence-electron chi connectivity index (χ1n) is 25.1. The van der Waals surface area contributed by atoms with Gasteiger partial charge in [-0.1, -0.05) is 134 Å². The highest BCUT2D eigenvalue weighted by atomic mass is 16.3. The molecule has 0 unspecified atom stereocenters. The Kier molecular flexibility index (Phi) is 23.7. The van der Waals surface area contributed by atoms with Crippen molar-refractivity contribution in [2.24, 2.45) is 17.2 Å². The van der Waals surface area contributed by atoms with Crippen molar-refractivity contribution in [2.75, 3.05) is 91.7 Å². The molecule has 0 aliphatic heterocycles. The third-order valence-electron chi connectivity index (χ3n) is 13.1. The summed E-state index contributed by atoms with van der Waals surface area (Å²) >= 11 is 0. The van der Waals surface area contributed by atoms with Crippen LogP contribution in [0.4, 0.5) is 0 Å². The highest BCUT2D eigenvalue weighted by Gasteiger charge is 2.32. The van der Waals surface area contributed by atoms with Crippen LogP contribution in [-0.4, -0.2) is 163 Å². The lowest BCUT2D eigenvalue weighted by molar-refractivity contribution is -0.147. The summed E-state index contributed by atoms with van der Waals surface area (Å²) in [6.07, 6.45) is 6.29. The number of benzene rings is 4. The Hall–Kier alpha value is -6.46. The van der Waals surface area contributed by atoms with Crippen LogP contribution in [0.2, 0.25) is 0 Å². The monoisotopic (exact) mass is 974 g/mol. The van der Waals surface area contributed by atoms with Gasteiger partial charge in [-0.05, 0) is 73.9 Å². The second-order valence-electron chi connectivity index (χ2n) is 18.3. The number of unbranched alkanes of at least 4 members (excludes halogenated alkanes) is 2. The molecular weight excluding hydrogens is 899 g/mol. The van der Waals surface area contributed by atoms with Crippen molar-refractivity contribution in [3.8, 4) is 0 Å². The highest BCUT2D eigenvalue weighted by Crippen LogP contribution is 2.28. The number of nitrogens with two attached hydrogens (primary N) is 3. The van der Waals surface area contributed by atoms with Crippen molar-refractivity contribution in [1.29, 1.82) is 0 Å². The van der Waals surface area contributed by atoms with Gasteiger partial charge in [0.05, 0.1) is 45.9 Å². The number of hydrogen-bond acceptors (Lipinski definition) is 10. The minimum Gasteiger partial charge on any atom is -0.395 e. The number of nitrogens with one attached hydrogen (secondary N) is 1. The second-order valence-corrected chi connectivity index (χ2v) is 18.3. The van der Waals surface area contributed by atoms with Crippen molar-refractivity contribution in [1.82, 2.24) is 29.8 Å². The van der Waals surface area contributed by atoms with Gasteiger partial charge >= 0.3 is 0 Å². The lowest BCUT2D eigenvalue weighted by atomic mass is 9.90. The van der Waals surface area contributed by atoms with E-state index in [1.807, 2.05) is 121 Å². The quantitative estimate of drug-likeness (QED) is 0.0463. The van der Waals surface area contributed by atoms with Gasteiger partial charge in [0.2, 0.25) is 35.4 Å². The fourth-order valence-electron chi connectivity index (χ4n) is 9.10. The molecule has 0 heterocycles. The van der Waals surface area contributed by atoms with Crippen LogP contribution in [0.3, 0.4) is 0 Å². The number of carbonyl (C=O) groups excluding carboxylic acids is 6. The number of primary amides is 1. The van der Waals surface area contributed by atoms with E-state index in [2.05, 4.69) is 5.32 Å². The summed E-state index contributed by atoms with van der Waals surface area (Å²) in [7, 11) is 0. The zero-order chi connectivity index (χ0) is 50.8. The Morgan fingerprint density at radius 3 is 1.18 bits per heavy atom. The zero-order valence-corrected chi connectivity index (χ0v) is 41.2. The summed E-state index contributed by atoms with van der Waals surface area (Å²) < 4.78 is 0. The topological polar surface area (TPSA) is 229 Å². The number of rotatable bonds is 31. The zero-order valence-electron chi connectivity index (χ0n) is 41.2. The Morgan fingerprint density at radius 1 is 0.479 bits per heavy atom. The van der Waals surface area contributed by atoms with E-state index in [0.717, 1.165) is 47.9 Å². The van der Waals surface area contributed by atoms with E-state index in [0.29, 0.717) is 38.8 Å². The van der Waals surface area contributed by atoms with Gasteiger partial charge in [-0.15, -0.1) is 0 Å². The molecule has 71 heavy (non-hydrogen) atoms. The molecule has 4 aromatic rings. The van der Waals surface area contributed by atoms with Crippen molar-refractivity contribution in [3.05, 3.63) is 144 Å². The van der Waals surface area contributed by atoms with Crippen molar-refractivity contribution in [3.63, 3.8) is 0 Å². The smallest absolute Gasteiger partial charge is 0.242 e. The van der Waals surface area contributed by atoms with E-state index in [1.165, 1.54) is 19.6 Å². The van der Waals surface area contributed by atoms with E-state index in [4.69, 9.17) is 17.2 Å². The molecule has 5 rings (SSSR count). The molecule has 1 aliphatic rings. The van der Waals surface area contributed by atoms with Crippen LogP contribution in [-0.2, 0) is 28.8 Å². The third kappa shape index (κ3) is 18.3. The largest absolute Gasteiger partial charge is 0.395 e. The summed E-state index contributed by atoms with van der Waals surface area (Å²) in [4.78, 5) is 91.4.